The molecule has 76 valence electrons. The zero-order valence-electron chi connectivity index (χ0n) is 9.51. The monoisotopic (exact) mass is 189 g/mol. The van der Waals surface area contributed by atoms with E-state index in [0.717, 1.165) is 13.0 Å². The van der Waals surface area contributed by atoms with Crippen LogP contribution in [0.1, 0.15) is 33.6 Å². The van der Waals surface area contributed by atoms with Gasteiger partial charge in [0.2, 0.25) is 0 Å². The lowest BCUT2D eigenvalue weighted by Gasteiger charge is -2.41. The maximum Gasteiger partial charge on any atom is 0.177 e. The van der Waals surface area contributed by atoms with E-state index in [9.17, 15) is 0 Å². The van der Waals surface area contributed by atoms with Gasteiger partial charge >= 0.3 is 0 Å². The summed E-state index contributed by atoms with van der Waals surface area (Å²) in [6, 6.07) is 0. The van der Waals surface area contributed by atoms with E-state index in [1.165, 1.54) is 6.42 Å². The third-order valence-electron chi connectivity index (χ3n) is 3.73. The first-order chi connectivity index (χ1) is 6.58. The molecule has 1 nitrogen and oxygen atoms in total. The molecule has 0 unspecified atom stereocenters. The van der Waals surface area contributed by atoms with Crippen molar-refractivity contribution in [2.45, 2.75) is 33.6 Å². The average molecular weight is 189 g/mol. The fourth-order valence-electron chi connectivity index (χ4n) is 2.07. The van der Waals surface area contributed by atoms with Crippen molar-refractivity contribution in [1.29, 1.82) is 0 Å². The molecule has 2 heteroatoms. The Bertz CT molecular complexity index is 229. The van der Waals surface area contributed by atoms with Crippen LogP contribution in [-0.4, -0.2) is 14.5 Å². The predicted octanol–water partition coefficient (Wildman–Crippen LogP) is 2.60. The quantitative estimate of drug-likeness (QED) is 0.655. The molecule has 1 N–H and O–H groups in total. The largest absolute Gasteiger partial charge is 0.366 e. The fraction of sp³-hybridized carbons (Fsp3) is 0.667. The van der Waals surface area contributed by atoms with Gasteiger partial charge in [0.15, 0.2) is 7.98 Å². The van der Waals surface area contributed by atoms with E-state index in [1.807, 2.05) is 0 Å². The van der Waals surface area contributed by atoms with Gasteiger partial charge in [0.1, 0.15) is 0 Å². The van der Waals surface area contributed by atoms with Crippen LogP contribution in [0, 0.1) is 10.8 Å². The van der Waals surface area contributed by atoms with Crippen molar-refractivity contribution in [2.75, 3.05) is 6.54 Å². The van der Waals surface area contributed by atoms with Crippen molar-refractivity contribution < 1.29 is 0 Å². The SMILES string of the molecule is [B]NCCC1(C(C)(C)CC)C=CC=C1. The molecule has 14 heavy (non-hydrogen) atoms. The zero-order chi connectivity index (χ0) is 10.7. The van der Waals surface area contributed by atoms with Crippen LogP contribution in [0.25, 0.3) is 0 Å². The Kier molecular flexibility index (Phi) is 3.60. The topological polar surface area (TPSA) is 12.0 Å². The predicted molar refractivity (Wildman–Crippen MR) is 63.2 cm³/mol. The Morgan fingerprint density at radius 3 is 2.29 bits per heavy atom. The molecule has 0 saturated carbocycles. The Morgan fingerprint density at radius 1 is 1.29 bits per heavy atom. The van der Waals surface area contributed by atoms with Crippen LogP contribution in [0.5, 0.6) is 0 Å². The van der Waals surface area contributed by atoms with Gasteiger partial charge in [0.25, 0.3) is 0 Å². The average Bonchev–Trinajstić information content (AvgIpc) is 2.65. The summed E-state index contributed by atoms with van der Waals surface area (Å²) in [7, 11) is 5.35. The summed E-state index contributed by atoms with van der Waals surface area (Å²) in [4.78, 5) is 0. The van der Waals surface area contributed by atoms with E-state index < -0.39 is 0 Å². The lowest BCUT2D eigenvalue weighted by Crippen LogP contribution is -2.35. The summed E-state index contributed by atoms with van der Waals surface area (Å²) >= 11 is 0. The second kappa shape index (κ2) is 4.35. The Morgan fingerprint density at radius 2 is 1.86 bits per heavy atom. The molecule has 0 spiro atoms. The second-order valence-electron chi connectivity index (χ2n) is 4.70. The van der Waals surface area contributed by atoms with Crippen molar-refractivity contribution in [1.82, 2.24) is 5.23 Å². The van der Waals surface area contributed by atoms with Crippen LogP contribution in [0.2, 0.25) is 0 Å². The van der Waals surface area contributed by atoms with Crippen molar-refractivity contribution in [3.8, 4) is 0 Å². The molecular formula is C12H20BN. The van der Waals surface area contributed by atoms with Crippen molar-refractivity contribution in [3.05, 3.63) is 24.3 Å². The normalized spacial score (nSPS) is 19.1. The van der Waals surface area contributed by atoms with Gasteiger partial charge in [-0.3, -0.25) is 0 Å². The third-order valence-corrected chi connectivity index (χ3v) is 3.73. The first-order valence-electron chi connectivity index (χ1n) is 5.38. The molecule has 0 aromatic rings. The first-order valence-corrected chi connectivity index (χ1v) is 5.38. The molecule has 0 aliphatic heterocycles. The van der Waals surface area contributed by atoms with Gasteiger partial charge < -0.3 is 5.23 Å². The Balaban J connectivity index is 2.83. The molecule has 0 fully saturated rings. The summed E-state index contributed by atoms with van der Waals surface area (Å²) in [6.45, 7) is 7.75. The van der Waals surface area contributed by atoms with Gasteiger partial charge in [-0.25, -0.2) is 0 Å². The summed E-state index contributed by atoms with van der Waals surface area (Å²) in [5.41, 5.74) is 0.488. The second-order valence-corrected chi connectivity index (χ2v) is 4.70. The minimum absolute atomic E-state index is 0.189. The highest BCUT2D eigenvalue weighted by Gasteiger charge is 2.39. The molecular weight excluding hydrogens is 169 g/mol. The Labute approximate surface area is 89.1 Å². The van der Waals surface area contributed by atoms with E-state index >= 15 is 0 Å². The summed E-state index contributed by atoms with van der Waals surface area (Å²) in [6.07, 6.45) is 11.2. The van der Waals surface area contributed by atoms with Crippen LogP contribution in [0.3, 0.4) is 0 Å². The lowest BCUT2D eigenvalue weighted by molar-refractivity contribution is 0.162. The number of hydrogen-bond donors (Lipinski definition) is 1. The number of hydrogen-bond acceptors (Lipinski definition) is 1. The molecule has 0 aromatic carbocycles. The van der Waals surface area contributed by atoms with Crippen LogP contribution in [0.15, 0.2) is 24.3 Å². The molecule has 1 aliphatic rings. The summed E-state index contributed by atoms with van der Waals surface area (Å²) < 4.78 is 0. The van der Waals surface area contributed by atoms with Gasteiger partial charge in [0, 0.05) is 5.41 Å². The van der Waals surface area contributed by atoms with Crippen molar-refractivity contribution >= 4 is 7.98 Å². The van der Waals surface area contributed by atoms with Crippen LogP contribution < -0.4 is 5.23 Å². The van der Waals surface area contributed by atoms with E-state index in [-0.39, 0.29) is 5.41 Å². The standard InChI is InChI=1S/C12H20BN/c1-4-11(2,3)12(9-10-14-13)7-5-6-8-12/h5-8,14H,4,9-10H2,1-3H3. The van der Waals surface area contributed by atoms with Gasteiger partial charge in [0.05, 0.1) is 0 Å². The smallest absolute Gasteiger partial charge is 0.177 e. The number of nitrogens with one attached hydrogen (secondary N) is 1. The van der Waals surface area contributed by atoms with Crippen LogP contribution >= 0.6 is 0 Å². The highest BCUT2D eigenvalue weighted by atomic mass is 14.7. The molecule has 0 saturated heterocycles. The fourth-order valence-corrected chi connectivity index (χ4v) is 2.07. The van der Waals surface area contributed by atoms with E-state index in [0.29, 0.717) is 5.41 Å². The van der Waals surface area contributed by atoms with Crippen LogP contribution in [-0.2, 0) is 0 Å². The third kappa shape index (κ3) is 1.95. The first kappa shape index (κ1) is 11.6. The lowest BCUT2D eigenvalue weighted by atomic mass is 9.63. The molecule has 2 radical (unpaired) electrons. The molecule has 1 aliphatic carbocycles. The van der Waals surface area contributed by atoms with Crippen LogP contribution in [0.4, 0.5) is 0 Å². The molecule has 0 atom stereocenters. The van der Waals surface area contributed by atoms with Crippen molar-refractivity contribution in [3.63, 3.8) is 0 Å². The highest BCUT2D eigenvalue weighted by molar-refractivity contribution is 6.04. The number of rotatable bonds is 5. The highest BCUT2D eigenvalue weighted by Crippen LogP contribution is 2.48. The van der Waals surface area contributed by atoms with Gasteiger partial charge in [-0.1, -0.05) is 45.1 Å². The molecule has 1 rings (SSSR count). The molecule has 0 aromatic heterocycles. The van der Waals surface area contributed by atoms with E-state index in [2.05, 4.69) is 50.3 Å². The maximum absolute atomic E-state index is 5.35. The zero-order valence-corrected chi connectivity index (χ0v) is 9.51. The molecule has 0 heterocycles. The van der Waals surface area contributed by atoms with Gasteiger partial charge in [-0.2, -0.15) is 0 Å². The van der Waals surface area contributed by atoms with E-state index in [1.54, 1.807) is 0 Å². The number of allylic oxidation sites excluding steroid dienone is 4. The van der Waals surface area contributed by atoms with Crippen molar-refractivity contribution in [2.24, 2.45) is 10.8 Å². The maximum atomic E-state index is 5.35. The van der Waals surface area contributed by atoms with Gasteiger partial charge in [-0.05, 0) is 24.8 Å². The molecule has 0 amide bonds. The summed E-state index contributed by atoms with van der Waals surface area (Å²) in [5, 5.41) is 2.75. The minimum Gasteiger partial charge on any atom is -0.366 e. The molecule has 0 bridgehead atoms. The van der Waals surface area contributed by atoms with E-state index in [4.69, 9.17) is 7.98 Å². The summed E-state index contributed by atoms with van der Waals surface area (Å²) in [5.74, 6) is 0. The minimum atomic E-state index is 0.189. The van der Waals surface area contributed by atoms with Gasteiger partial charge in [-0.15, -0.1) is 0 Å². The Hall–Kier alpha value is -0.495.